The highest BCUT2D eigenvalue weighted by Crippen LogP contribution is 2.41. The Morgan fingerprint density at radius 2 is 1.66 bits per heavy atom. The molecule has 0 saturated carbocycles. The van der Waals surface area contributed by atoms with Crippen LogP contribution in [-0.2, 0) is 20.9 Å². The molecule has 0 unspecified atom stereocenters. The number of halogens is 3. The van der Waals surface area contributed by atoms with Crippen molar-refractivity contribution in [2.24, 2.45) is 0 Å². The number of Topliss-reactive ketones (excluding diaryl/α,β-unsaturated/α-hetero) is 1. The lowest BCUT2D eigenvalue weighted by molar-refractivity contribution is -0.140. The lowest BCUT2D eigenvalue weighted by atomic mass is 9.95. The Bertz CT molecular complexity index is 1440. The molecule has 10 heteroatoms. The van der Waals surface area contributed by atoms with Gasteiger partial charge in [-0.3, -0.25) is 14.5 Å². The Balaban J connectivity index is 1.39. The van der Waals surface area contributed by atoms with Crippen molar-refractivity contribution >= 4 is 40.7 Å². The number of carbonyl (C=O) groups is 2. The van der Waals surface area contributed by atoms with Gasteiger partial charge in [-0.05, 0) is 66.1 Å². The third-order valence-electron chi connectivity index (χ3n) is 7.22. The van der Waals surface area contributed by atoms with Gasteiger partial charge in [-0.15, -0.1) is 0 Å². The van der Waals surface area contributed by atoms with Gasteiger partial charge in [0, 0.05) is 31.7 Å². The molecule has 1 amide bonds. The fourth-order valence-electron chi connectivity index (χ4n) is 5.04. The van der Waals surface area contributed by atoms with Crippen molar-refractivity contribution in [3.63, 3.8) is 0 Å². The van der Waals surface area contributed by atoms with Crippen molar-refractivity contribution in [1.82, 2.24) is 9.80 Å². The Hall–Kier alpha value is -3.43. The number of rotatable bonds is 9. The number of morpholine rings is 1. The zero-order valence-corrected chi connectivity index (χ0v) is 23.7. The molecule has 7 nitrogen and oxygen atoms in total. The van der Waals surface area contributed by atoms with Crippen LogP contribution in [0.2, 0.25) is 10.0 Å². The summed E-state index contributed by atoms with van der Waals surface area (Å²) in [6, 6.07) is 16.7. The first kappa shape index (κ1) is 29.1. The summed E-state index contributed by atoms with van der Waals surface area (Å²) in [6.07, 6.45) is 0.644. The van der Waals surface area contributed by atoms with E-state index < -0.39 is 17.7 Å². The SMILES string of the molecule is O=C1C(=O)N(CCCN2CCOCC2)[C@@H](c2ccc(Cl)c(Cl)c2)C1=C(O)c1ccc(OCc2ccc(F)cc2)cc1. The van der Waals surface area contributed by atoms with E-state index in [9.17, 15) is 19.1 Å². The highest BCUT2D eigenvalue weighted by molar-refractivity contribution is 6.46. The minimum absolute atomic E-state index is 0.0141. The first-order valence-corrected chi connectivity index (χ1v) is 14.1. The van der Waals surface area contributed by atoms with E-state index in [4.69, 9.17) is 32.7 Å². The maximum absolute atomic E-state index is 13.3. The smallest absolute Gasteiger partial charge is 0.295 e. The van der Waals surface area contributed by atoms with E-state index in [0.717, 1.165) is 25.2 Å². The molecule has 214 valence electrons. The van der Waals surface area contributed by atoms with E-state index in [0.29, 0.717) is 48.1 Å². The summed E-state index contributed by atoms with van der Waals surface area (Å²) in [5, 5.41) is 12.0. The lowest BCUT2D eigenvalue weighted by Crippen LogP contribution is -2.38. The molecule has 2 saturated heterocycles. The van der Waals surface area contributed by atoms with Gasteiger partial charge < -0.3 is 19.5 Å². The average molecular weight is 599 g/mol. The first-order chi connectivity index (χ1) is 19.8. The van der Waals surface area contributed by atoms with Crippen molar-refractivity contribution in [1.29, 1.82) is 0 Å². The van der Waals surface area contributed by atoms with Gasteiger partial charge in [0.2, 0.25) is 0 Å². The van der Waals surface area contributed by atoms with Gasteiger partial charge in [0.15, 0.2) is 0 Å². The van der Waals surface area contributed by atoms with E-state index >= 15 is 0 Å². The number of aliphatic hydroxyl groups is 1. The number of likely N-dealkylation sites (tertiary alicyclic amines) is 1. The first-order valence-electron chi connectivity index (χ1n) is 13.3. The highest BCUT2D eigenvalue weighted by Gasteiger charge is 2.46. The topological polar surface area (TPSA) is 79.3 Å². The van der Waals surface area contributed by atoms with Crippen molar-refractivity contribution in [2.75, 3.05) is 39.4 Å². The monoisotopic (exact) mass is 598 g/mol. The van der Waals surface area contributed by atoms with Gasteiger partial charge in [-0.1, -0.05) is 41.4 Å². The van der Waals surface area contributed by atoms with Crippen LogP contribution in [0.4, 0.5) is 4.39 Å². The number of hydrogen-bond donors (Lipinski definition) is 1. The normalized spacial score (nSPS) is 19.1. The minimum Gasteiger partial charge on any atom is -0.507 e. The van der Waals surface area contributed by atoms with Gasteiger partial charge >= 0.3 is 0 Å². The molecule has 3 aromatic rings. The van der Waals surface area contributed by atoms with E-state index in [2.05, 4.69) is 4.90 Å². The summed E-state index contributed by atoms with van der Waals surface area (Å²) in [7, 11) is 0. The Labute approximate surface area is 247 Å². The molecular formula is C31H29Cl2FN2O5. The molecule has 1 atom stereocenters. The second-order valence-corrected chi connectivity index (χ2v) is 10.7. The Morgan fingerprint density at radius 1 is 0.951 bits per heavy atom. The Kier molecular flexibility index (Phi) is 9.25. The van der Waals surface area contributed by atoms with Crippen molar-refractivity contribution in [3.05, 3.63) is 105 Å². The standard InChI is InChI=1S/C31H29Cl2FN2O5/c32-25-11-6-22(18-26(25)33)28-27(30(38)31(39)36(28)13-1-12-35-14-16-40-17-15-35)29(37)21-4-9-24(10-5-21)41-19-20-2-7-23(34)8-3-20/h2-11,18,28,37H,1,12-17,19H2/t28-/m0/s1. The molecule has 0 spiro atoms. The van der Waals surface area contributed by atoms with E-state index in [1.807, 2.05) is 0 Å². The van der Waals surface area contributed by atoms with Crippen LogP contribution in [0.15, 0.2) is 72.3 Å². The van der Waals surface area contributed by atoms with Crippen molar-refractivity contribution in [3.8, 4) is 5.75 Å². The van der Waals surface area contributed by atoms with Crippen LogP contribution >= 0.6 is 23.2 Å². The summed E-state index contributed by atoms with van der Waals surface area (Å²) in [6.45, 7) is 4.28. The summed E-state index contributed by atoms with van der Waals surface area (Å²) in [5.74, 6) is -1.53. The molecule has 0 bridgehead atoms. The van der Waals surface area contributed by atoms with E-state index in [1.54, 1.807) is 54.6 Å². The molecule has 0 radical (unpaired) electrons. The van der Waals surface area contributed by atoms with Crippen LogP contribution in [0.25, 0.3) is 5.76 Å². The molecular weight excluding hydrogens is 570 g/mol. The fraction of sp³-hybridized carbons (Fsp3) is 0.290. The fourth-order valence-corrected chi connectivity index (χ4v) is 5.35. The highest BCUT2D eigenvalue weighted by atomic mass is 35.5. The second kappa shape index (κ2) is 13.0. The summed E-state index contributed by atoms with van der Waals surface area (Å²) in [4.78, 5) is 30.3. The number of aliphatic hydroxyl groups excluding tert-OH is 1. The van der Waals surface area contributed by atoms with Crippen LogP contribution in [0.1, 0.15) is 29.2 Å². The second-order valence-electron chi connectivity index (χ2n) is 9.91. The molecule has 0 aromatic heterocycles. The van der Waals surface area contributed by atoms with Gasteiger partial charge in [0.05, 0.1) is 34.9 Å². The maximum atomic E-state index is 13.3. The zero-order valence-electron chi connectivity index (χ0n) is 22.2. The van der Waals surface area contributed by atoms with Crippen molar-refractivity contribution < 1.29 is 28.6 Å². The predicted molar refractivity (Wildman–Crippen MR) is 155 cm³/mol. The van der Waals surface area contributed by atoms with E-state index in [1.165, 1.54) is 17.0 Å². The average Bonchev–Trinajstić information content (AvgIpc) is 3.24. The van der Waals surface area contributed by atoms with Gasteiger partial charge in [-0.25, -0.2) is 4.39 Å². The van der Waals surface area contributed by atoms with Crippen LogP contribution in [0.5, 0.6) is 5.75 Å². The van der Waals surface area contributed by atoms with Gasteiger partial charge in [0.25, 0.3) is 11.7 Å². The number of ether oxygens (including phenoxy) is 2. The number of nitrogens with zero attached hydrogens (tertiary/aromatic N) is 2. The summed E-state index contributed by atoms with van der Waals surface area (Å²) in [5.41, 5.74) is 1.72. The molecule has 3 aromatic carbocycles. The zero-order chi connectivity index (χ0) is 28.9. The number of ketones is 1. The third-order valence-corrected chi connectivity index (χ3v) is 7.96. The number of amides is 1. The van der Waals surface area contributed by atoms with E-state index in [-0.39, 0.29) is 28.8 Å². The quantitative estimate of drug-likeness (QED) is 0.189. The molecule has 0 aliphatic carbocycles. The third kappa shape index (κ3) is 6.73. The minimum atomic E-state index is -0.830. The summed E-state index contributed by atoms with van der Waals surface area (Å²) >= 11 is 12.5. The van der Waals surface area contributed by atoms with Gasteiger partial charge in [0.1, 0.15) is 23.9 Å². The largest absolute Gasteiger partial charge is 0.507 e. The van der Waals surface area contributed by atoms with Crippen LogP contribution in [0, 0.1) is 5.82 Å². The number of carbonyl (C=O) groups excluding carboxylic acids is 2. The van der Waals surface area contributed by atoms with Crippen LogP contribution < -0.4 is 4.74 Å². The molecule has 2 aliphatic heterocycles. The molecule has 41 heavy (non-hydrogen) atoms. The summed E-state index contributed by atoms with van der Waals surface area (Å²) < 4.78 is 24.3. The molecule has 2 aliphatic rings. The number of hydrogen-bond acceptors (Lipinski definition) is 6. The lowest BCUT2D eigenvalue weighted by Gasteiger charge is -2.29. The molecule has 2 fully saturated rings. The molecule has 5 rings (SSSR count). The molecule has 1 N–H and O–H groups in total. The van der Waals surface area contributed by atoms with Crippen LogP contribution in [-0.4, -0.2) is 66.0 Å². The maximum Gasteiger partial charge on any atom is 0.295 e. The molecule has 2 heterocycles. The predicted octanol–water partition coefficient (Wildman–Crippen LogP) is 5.86. The van der Waals surface area contributed by atoms with Crippen LogP contribution in [0.3, 0.4) is 0 Å². The van der Waals surface area contributed by atoms with Crippen molar-refractivity contribution in [2.45, 2.75) is 19.1 Å². The Morgan fingerprint density at radius 3 is 2.34 bits per heavy atom. The van der Waals surface area contributed by atoms with Gasteiger partial charge in [-0.2, -0.15) is 0 Å². The number of benzene rings is 3.